The molecule has 0 atom stereocenters. The number of halogens is 2. The van der Waals surface area contributed by atoms with Crippen LogP contribution in [0.25, 0.3) is 0 Å². The van der Waals surface area contributed by atoms with Gasteiger partial charge in [0.1, 0.15) is 0 Å². The van der Waals surface area contributed by atoms with Crippen LogP contribution in [-0.2, 0) is 6.54 Å². The minimum absolute atomic E-state index is 0.0274. The van der Waals surface area contributed by atoms with Gasteiger partial charge in [0.25, 0.3) is 11.8 Å². The highest BCUT2D eigenvalue weighted by Crippen LogP contribution is 2.29. The lowest BCUT2D eigenvalue weighted by Gasteiger charge is -2.12. The number of methoxy groups -OCH3 is 1. The Balaban J connectivity index is 1.57. The molecule has 1 heterocycles. The third-order valence-electron chi connectivity index (χ3n) is 4.05. The molecule has 7 nitrogen and oxygen atoms in total. The van der Waals surface area contributed by atoms with Crippen molar-refractivity contribution in [1.82, 2.24) is 5.32 Å². The standard InChI is InChI=1S/C21H18F2N2O5/c1-28-18-11-14(6-9-16(18)30-21(22)23)19(26)24-12-13-4-7-15(8-5-13)25-20(27)17-3-2-10-29-17/h2-11,21H,12H2,1H3,(H,24,26)(H,25,27). The highest BCUT2D eigenvalue weighted by molar-refractivity contribution is 6.02. The summed E-state index contributed by atoms with van der Waals surface area (Å²) in [7, 11) is 1.29. The molecule has 3 rings (SSSR count). The summed E-state index contributed by atoms with van der Waals surface area (Å²) in [6.07, 6.45) is 1.41. The predicted octanol–water partition coefficient (Wildman–Crippen LogP) is 4.07. The Kier molecular flexibility index (Phi) is 6.63. The highest BCUT2D eigenvalue weighted by atomic mass is 19.3. The van der Waals surface area contributed by atoms with Crippen molar-refractivity contribution in [2.45, 2.75) is 13.2 Å². The summed E-state index contributed by atoms with van der Waals surface area (Å²) in [5, 5.41) is 5.42. The zero-order chi connectivity index (χ0) is 21.5. The van der Waals surface area contributed by atoms with Crippen molar-refractivity contribution in [1.29, 1.82) is 0 Å². The van der Waals surface area contributed by atoms with Gasteiger partial charge in [-0.25, -0.2) is 0 Å². The van der Waals surface area contributed by atoms with Gasteiger partial charge in [0.05, 0.1) is 13.4 Å². The molecule has 0 unspecified atom stereocenters. The molecule has 9 heteroatoms. The smallest absolute Gasteiger partial charge is 0.387 e. The van der Waals surface area contributed by atoms with E-state index in [1.807, 2.05) is 0 Å². The summed E-state index contributed by atoms with van der Waals surface area (Å²) >= 11 is 0. The van der Waals surface area contributed by atoms with E-state index >= 15 is 0 Å². The molecule has 3 aromatic rings. The number of carbonyl (C=O) groups is 2. The van der Waals surface area contributed by atoms with Gasteiger partial charge in [-0.1, -0.05) is 12.1 Å². The van der Waals surface area contributed by atoms with Gasteiger partial charge in [0.2, 0.25) is 0 Å². The van der Waals surface area contributed by atoms with Crippen molar-refractivity contribution in [2.75, 3.05) is 12.4 Å². The Bertz CT molecular complexity index is 1000. The summed E-state index contributed by atoms with van der Waals surface area (Å²) < 4.78 is 39.1. The first-order chi connectivity index (χ1) is 14.5. The Morgan fingerprint density at radius 3 is 2.43 bits per heavy atom. The monoisotopic (exact) mass is 416 g/mol. The van der Waals surface area contributed by atoms with E-state index in [2.05, 4.69) is 15.4 Å². The van der Waals surface area contributed by atoms with Crippen LogP contribution in [0.4, 0.5) is 14.5 Å². The van der Waals surface area contributed by atoms with E-state index in [1.165, 1.54) is 31.6 Å². The molecule has 2 amide bonds. The van der Waals surface area contributed by atoms with Crippen molar-refractivity contribution in [3.05, 3.63) is 77.7 Å². The van der Waals surface area contributed by atoms with E-state index < -0.39 is 12.5 Å². The molecule has 0 saturated heterocycles. The van der Waals surface area contributed by atoms with Crippen LogP contribution in [0.15, 0.2) is 65.3 Å². The van der Waals surface area contributed by atoms with Crippen LogP contribution in [0.3, 0.4) is 0 Å². The van der Waals surface area contributed by atoms with Crippen molar-refractivity contribution < 1.29 is 32.3 Å². The fourth-order valence-electron chi connectivity index (χ4n) is 2.59. The van der Waals surface area contributed by atoms with E-state index in [0.717, 1.165) is 5.56 Å². The van der Waals surface area contributed by atoms with E-state index in [1.54, 1.807) is 36.4 Å². The van der Waals surface area contributed by atoms with Crippen LogP contribution >= 0.6 is 0 Å². The molecule has 0 bridgehead atoms. The van der Waals surface area contributed by atoms with Gasteiger partial charge in [-0.2, -0.15) is 8.78 Å². The summed E-state index contributed by atoms with van der Waals surface area (Å²) in [5.41, 5.74) is 1.60. The maximum atomic E-state index is 12.4. The van der Waals surface area contributed by atoms with Crippen LogP contribution in [-0.4, -0.2) is 25.5 Å². The molecule has 0 aliphatic rings. The number of furan rings is 1. The van der Waals surface area contributed by atoms with Crippen molar-refractivity contribution >= 4 is 17.5 Å². The molecule has 0 aliphatic carbocycles. The van der Waals surface area contributed by atoms with E-state index in [4.69, 9.17) is 9.15 Å². The first-order valence-corrected chi connectivity index (χ1v) is 8.81. The van der Waals surface area contributed by atoms with Crippen molar-refractivity contribution in [2.24, 2.45) is 0 Å². The van der Waals surface area contributed by atoms with Gasteiger partial charge >= 0.3 is 6.61 Å². The number of hydrogen-bond donors (Lipinski definition) is 2. The Hall–Kier alpha value is -3.88. The fraction of sp³-hybridized carbons (Fsp3) is 0.143. The van der Waals surface area contributed by atoms with Gasteiger partial charge in [0, 0.05) is 17.8 Å². The number of ether oxygens (including phenoxy) is 2. The fourth-order valence-corrected chi connectivity index (χ4v) is 2.59. The average Bonchev–Trinajstić information content (AvgIpc) is 3.28. The molecule has 2 N–H and O–H groups in total. The molecular weight excluding hydrogens is 398 g/mol. The van der Waals surface area contributed by atoms with Gasteiger partial charge in [-0.15, -0.1) is 0 Å². The van der Waals surface area contributed by atoms with Crippen LogP contribution in [0.5, 0.6) is 11.5 Å². The molecule has 1 aromatic heterocycles. The predicted molar refractivity (Wildman–Crippen MR) is 104 cm³/mol. The lowest BCUT2D eigenvalue weighted by atomic mass is 10.1. The zero-order valence-corrected chi connectivity index (χ0v) is 15.9. The van der Waals surface area contributed by atoms with Crippen LogP contribution in [0, 0.1) is 0 Å². The molecule has 0 radical (unpaired) electrons. The number of benzene rings is 2. The number of anilines is 1. The van der Waals surface area contributed by atoms with Gasteiger partial charge in [-0.05, 0) is 48.0 Å². The van der Waals surface area contributed by atoms with Gasteiger partial charge < -0.3 is 24.5 Å². The second kappa shape index (κ2) is 9.55. The lowest BCUT2D eigenvalue weighted by molar-refractivity contribution is -0.0512. The van der Waals surface area contributed by atoms with E-state index in [0.29, 0.717) is 5.69 Å². The number of nitrogens with one attached hydrogen (secondary N) is 2. The SMILES string of the molecule is COc1cc(C(=O)NCc2ccc(NC(=O)c3ccco3)cc2)ccc1OC(F)F. The number of amides is 2. The Morgan fingerprint density at radius 1 is 1.03 bits per heavy atom. The largest absolute Gasteiger partial charge is 0.493 e. The zero-order valence-electron chi connectivity index (χ0n) is 15.9. The van der Waals surface area contributed by atoms with Crippen LogP contribution in [0.1, 0.15) is 26.5 Å². The second-order valence-corrected chi connectivity index (χ2v) is 6.06. The Labute approximate surface area is 170 Å². The number of hydrogen-bond acceptors (Lipinski definition) is 5. The quantitative estimate of drug-likeness (QED) is 0.578. The summed E-state index contributed by atoms with van der Waals surface area (Å²) in [6.45, 7) is -2.77. The highest BCUT2D eigenvalue weighted by Gasteiger charge is 2.14. The summed E-state index contributed by atoms with van der Waals surface area (Å²) in [4.78, 5) is 24.3. The van der Waals surface area contributed by atoms with E-state index in [9.17, 15) is 18.4 Å². The number of alkyl halides is 2. The lowest BCUT2D eigenvalue weighted by Crippen LogP contribution is -2.22. The third kappa shape index (κ3) is 5.34. The third-order valence-corrected chi connectivity index (χ3v) is 4.05. The number of rotatable bonds is 8. The molecule has 0 aliphatic heterocycles. The maximum absolute atomic E-state index is 12.4. The minimum atomic E-state index is -2.99. The topological polar surface area (TPSA) is 89.8 Å². The van der Waals surface area contributed by atoms with Gasteiger partial charge in [-0.3, -0.25) is 9.59 Å². The summed E-state index contributed by atoms with van der Waals surface area (Å²) in [5.74, 6) is -0.705. The minimum Gasteiger partial charge on any atom is -0.493 e. The van der Waals surface area contributed by atoms with Gasteiger partial charge in [0.15, 0.2) is 17.3 Å². The average molecular weight is 416 g/mol. The molecule has 0 spiro atoms. The first kappa shape index (κ1) is 20.8. The molecule has 2 aromatic carbocycles. The molecule has 156 valence electrons. The molecule has 30 heavy (non-hydrogen) atoms. The van der Waals surface area contributed by atoms with Crippen LogP contribution in [0.2, 0.25) is 0 Å². The Morgan fingerprint density at radius 2 is 1.80 bits per heavy atom. The van der Waals surface area contributed by atoms with E-state index in [-0.39, 0.29) is 35.3 Å². The molecule has 0 fully saturated rings. The van der Waals surface area contributed by atoms with Crippen LogP contribution < -0.4 is 20.1 Å². The second-order valence-electron chi connectivity index (χ2n) is 6.06. The maximum Gasteiger partial charge on any atom is 0.387 e. The first-order valence-electron chi connectivity index (χ1n) is 8.81. The van der Waals surface area contributed by atoms with Crippen molar-refractivity contribution in [3.8, 4) is 11.5 Å². The molecule has 0 saturated carbocycles. The van der Waals surface area contributed by atoms with Crippen molar-refractivity contribution in [3.63, 3.8) is 0 Å². The number of carbonyl (C=O) groups excluding carboxylic acids is 2. The molecular formula is C21H18F2N2O5. The summed E-state index contributed by atoms with van der Waals surface area (Å²) in [6, 6.07) is 14.0. The normalized spacial score (nSPS) is 10.5.